The monoisotopic (exact) mass is 490 g/mol. The van der Waals surface area contributed by atoms with E-state index in [4.69, 9.17) is 11.6 Å². The Balaban J connectivity index is 1.48. The minimum absolute atomic E-state index is 0.0441. The SMILES string of the molecule is O=C(N1CCN(S(=O)(=O)c2ccc(Cl)c(C(F)(F)F)c2)CC1)C1(c2ccc(F)cc2)CC1. The van der Waals surface area contributed by atoms with Gasteiger partial charge >= 0.3 is 6.18 Å². The molecule has 2 aromatic carbocycles. The Morgan fingerprint density at radius 2 is 1.56 bits per heavy atom. The van der Waals surface area contributed by atoms with Crippen molar-refractivity contribution in [3.05, 3.63) is 64.4 Å². The van der Waals surface area contributed by atoms with Crippen molar-refractivity contribution in [1.82, 2.24) is 9.21 Å². The van der Waals surface area contributed by atoms with Crippen molar-refractivity contribution >= 4 is 27.5 Å². The lowest BCUT2D eigenvalue weighted by atomic mass is 9.94. The van der Waals surface area contributed by atoms with Crippen LogP contribution in [0.3, 0.4) is 0 Å². The Morgan fingerprint density at radius 1 is 0.969 bits per heavy atom. The van der Waals surface area contributed by atoms with Gasteiger partial charge in [0.2, 0.25) is 15.9 Å². The van der Waals surface area contributed by atoms with E-state index in [0.717, 1.165) is 22.0 Å². The molecular formula is C21H19ClF4N2O3S. The highest BCUT2D eigenvalue weighted by molar-refractivity contribution is 7.89. The summed E-state index contributed by atoms with van der Waals surface area (Å²) in [6.07, 6.45) is -3.53. The molecule has 0 unspecified atom stereocenters. The Morgan fingerprint density at radius 3 is 2.09 bits per heavy atom. The summed E-state index contributed by atoms with van der Waals surface area (Å²) in [5.41, 5.74) is -1.21. The average molecular weight is 491 g/mol. The van der Waals surface area contributed by atoms with Crippen molar-refractivity contribution in [1.29, 1.82) is 0 Å². The number of hydrogen-bond donors (Lipinski definition) is 0. The third kappa shape index (κ3) is 4.11. The van der Waals surface area contributed by atoms with E-state index in [-0.39, 0.29) is 32.1 Å². The number of hydrogen-bond acceptors (Lipinski definition) is 3. The fraction of sp³-hybridized carbons (Fsp3) is 0.381. The van der Waals surface area contributed by atoms with E-state index in [2.05, 4.69) is 0 Å². The van der Waals surface area contributed by atoms with Crippen LogP contribution in [0.1, 0.15) is 24.0 Å². The lowest BCUT2D eigenvalue weighted by molar-refractivity contribution is -0.137. The van der Waals surface area contributed by atoms with E-state index < -0.39 is 42.9 Å². The minimum atomic E-state index is -4.79. The van der Waals surface area contributed by atoms with E-state index >= 15 is 0 Å². The van der Waals surface area contributed by atoms with Gasteiger partial charge in [0.25, 0.3) is 0 Å². The van der Waals surface area contributed by atoms with Gasteiger partial charge in [-0.25, -0.2) is 12.8 Å². The Hall–Kier alpha value is -2.17. The molecule has 1 saturated carbocycles. The van der Waals surface area contributed by atoms with Gasteiger partial charge in [-0.2, -0.15) is 17.5 Å². The van der Waals surface area contributed by atoms with Crippen molar-refractivity contribution in [3.63, 3.8) is 0 Å². The molecule has 0 bridgehead atoms. The smallest absolute Gasteiger partial charge is 0.339 e. The topological polar surface area (TPSA) is 57.7 Å². The maximum atomic E-state index is 13.2. The molecular weight excluding hydrogens is 472 g/mol. The molecule has 0 atom stereocenters. The van der Waals surface area contributed by atoms with E-state index in [1.165, 1.54) is 12.1 Å². The molecule has 0 N–H and O–H groups in total. The molecule has 4 rings (SSSR count). The third-order valence-corrected chi connectivity index (χ3v) is 8.19. The van der Waals surface area contributed by atoms with Crippen LogP contribution in [0.4, 0.5) is 17.6 Å². The van der Waals surface area contributed by atoms with Crippen LogP contribution in [0.5, 0.6) is 0 Å². The minimum Gasteiger partial charge on any atom is -0.339 e. The molecule has 0 aromatic heterocycles. The first-order valence-electron chi connectivity index (χ1n) is 9.87. The van der Waals surface area contributed by atoms with Gasteiger partial charge in [0.05, 0.1) is 20.9 Å². The molecule has 0 radical (unpaired) electrons. The molecule has 0 spiro atoms. The van der Waals surface area contributed by atoms with Crippen LogP contribution in [0, 0.1) is 5.82 Å². The molecule has 1 saturated heterocycles. The largest absolute Gasteiger partial charge is 0.417 e. The Labute approximate surface area is 187 Å². The normalized spacial score (nSPS) is 19.1. The zero-order chi connectivity index (χ0) is 23.3. The molecule has 1 aliphatic carbocycles. The second-order valence-electron chi connectivity index (χ2n) is 7.92. The number of carbonyl (C=O) groups excluding carboxylic acids is 1. The van der Waals surface area contributed by atoms with E-state index in [1.807, 2.05) is 0 Å². The summed E-state index contributed by atoms with van der Waals surface area (Å²) in [4.78, 5) is 14.2. The number of amides is 1. The van der Waals surface area contributed by atoms with Crippen LogP contribution in [0.25, 0.3) is 0 Å². The van der Waals surface area contributed by atoms with E-state index in [9.17, 15) is 30.8 Å². The van der Waals surface area contributed by atoms with E-state index in [1.54, 1.807) is 17.0 Å². The zero-order valence-corrected chi connectivity index (χ0v) is 18.3. The van der Waals surface area contributed by atoms with Gasteiger partial charge in [-0.15, -0.1) is 0 Å². The van der Waals surface area contributed by atoms with Crippen molar-refractivity contribution in [3.8, 4) is 0 Å². The van der Waals surface area contributed by atoms with Crippen LogP contribution in [-0.4, -0.2) is 49.7 Å². The Kier molecular flexibility index (Phi) is 5.75. The van der Waals surface area contributed by atoms with Crippen LogP contribution >= 0.6 is 11.6 Å². The summed E-state index contributed by atoms with van der Waals surface area (Å²) in [5, 5.41) is -0.581. The highest BCUT2D eigenvalue weighted by Gasteiger charge is 2.53. The maximum absolute atomic E-state index is 13.2. The first kappa shape index (κ1) is 23.0. The number of piperazine rings is 1. The number of sulfonamides is 1. The number of alkyl halides is 3. The van der Waals surface area contributed by atoms with Crippen LogP contribution in [0.2, 0.25) is 5.02 Å². The van der Waals surface area contributed by atoms with Gasteiger partial charge in [-0.05, 0) is 48.7 Å². The van der Waals surface area contributed by atoms with Crippen LogP contribution < -0.4 is 0 Å². The maximum Gasteiger partial charge on any atom is 0.417 e. The second kappa shape index (κ2) is 8.00. The van der Waals surface area contributed by atoms with E-state index in [0.29, 0.717) is 18.9 Å². The third-order valence-electron chi connectivity index (χ3n) is 5.96. The van der Waals surface area contributed by atoms with Crippen molar-refractivity contribution in [2.24, 2.45) is 0 Å². The average Bonchev–Trinajstić information content (AvgIpc) is 3.55. The zero-order valence-electron chi connectivity index (χ0n) is 16.7. The van der Waals surface area contributed by atoms with Gasteiger partial charge < -0.3 is 4.90 Å². The molecule has 32 heavy (non-hydrogen) atoms. The number of benzene rings is 2. The number of carbonyl (C=O) groups is 1. The predicted molar refractivity (Wildman–Crippen MR) is 109 cm³/mol. The Bertz CT molecular complexity index is 1140. The summed E-state index contributed by atoms with van der Waals surface area (Å²) in [7, 11) is -4.19. The van der Waals surface area contributed by atoms with Crippen molar-refractivity contribution in [2.75, 3.05) is 26.2 Å². The summed E-state index contributed by atoms with van der Waals surface area (Å²) in [5.74, 6) is -0.543. The molecule has 11 heteroatoms. The second-order valence-corrected chi connectivity index (χ2v) is 10.3. The molecule has 2 aromatic rings. The summed E-state index contributed by atoms with van der Waals surface area (Å²) in [6, 6.07) is 8.25. The number of rotatable bonds is 4. The first-order valence-corrected chi connectivity index (χ1v) is 11.7. The molecule has 1 aliphatic heterocycles. The first-order chi connectivity index (χ1) is 14.9. The number of halogens is 5. The highest BCUT2D eigenvalue weighted by Crippen LogP contribution is 2.49. The van der Waals surface area contributed by atoms with Crippen LogP contribution in [0.15, 0.2) is 47.4 Å². The summed E-state index contributed by atoms with van der Waals surface area (Å²) < 4.78 is 79.4. The van der Waals surface area contributed by atoms with Crippen molar-refractivity contribution in [2.45, 2.75) is 29.3 Å². The molecule has 5 nitrogen and oxygen atoms in total. The predicted octanol–water partition coefficient (Wildman–Crippen LogP) is 4.06. The quantitative estimate of drug-likeness (QED) is 0.607. The number of nitrogens with zero attached hydrogens (tertiary/aromatic N) is 2. The standard InChI is InChI=1S/C21H19ClF4N2O3S/c22-18-6-5-16(13-17(18)21(24,25)26)32(30,31)28-11-9-27(10-12-28)19(29)20(7-8-20)14-1-3-15(23)4-2-14/h1-6,13H,7-12H2. The fourth-order valence-electron chi connectivity index (χ4n) is 3.99. The summed E-state index contributed by atoms with van der Waals surface area (Å²) >= 11 is 5.59. The lowest BCUT2D eigenvalue weighted by Gasteiger charge is -2.36. The highest BCUT2D eigenvalue weighted by atomic mass is 35.5. The fourth-order valence-corrected chi connectivity index (χ4v) is 5.66. The van der Waals surface area contributed by atoms with Gasteiger partial charge in [-0.1, -0.05) is 23.7 Å². The van der Waals surface area contributed by atoms with Gasteiger partial charge in [0, 0.05) is 26.2 Å². The summed E-state index contributed by atoms with van der Waals surface area (Å²) in [6.45, 7) is 0.135. The van der Waals surface area contributed by atoms with Crippen molar-refractivity contribution < 1.29 is 30.8 Å². The molecule has 1 heterocycles. The molecule has 172 valence electrons. The lowest BCUT2D eigenvalue weighted by Crippen LogP contribution is -2.52. The molecule has 2 aliphatic rings. The molecule has 1 amide bonds. The van der Waals surface area contributed by atoms with Gasteiger partial charge in [0.1, 0.15) is 5.82 Å². The van der Waals surface area contributed by atoms with Gasteiger partial charge in [0.15, 0.2) is 0 Å². The van der Waals surface area contributed by atoms with Gasteiger partial charge in [-0.3, -0.25) is 4.79 Å². The molecule has 2 fully saturated rings. The van der Waals surface area contributed by atoms with Crippen LogP contribution in [-0.2, 0) is 26.4 Å².